The first-order valence-corrected chi connectivity index (χ1v) is 15.6. The number of primary amides is 1. The summed E-state index contributed by atoms with van der Waals surface area (Å²) in [6.07, 6.45) is -0.855. The molecular weight excluding hydrogens is 576 g/mol. The standard InChI is InChI=1S/C33H54N6O6/c1-19(2)20-16-22(27(42)35-17-23(40)26(34)41)39(18-20)29(44)25(32(6,7)8)37-30(45)36-24(31(3,4)5)28(43)38-33(9,10)21-14-12-11-13-15-21/h11-15,19-20,22,24-25,27,35,42H,16-18H2,1-10H3,(H2,34,41)(H,38,43)(H2,36,37,45)/t20-,22+,24-,25-,27?/m1/s1. The lowest BCUT2D eigenvalue weighted by atomic mass is 9.84. The molecule has 12 heteroatoms. The van der Waals surface area contributed by atoms with Crippen LogP contribution >= 0.6 is 0 Å². The van der Waals surface area contributed by atoms with Crippen LogP contribution in [0.1, 0.15) is 81.2 Å². The van der Waals surface area contributed by atoms with E-state index in [1.54, 1.807) is 0 Å². The summed E-state index contributed by atoms with van der Waals surface area (Å²) in [6, 6.07) is 6.17. The molecule has 1 aliphatic rings. The minimum atomic E-state index is -1.31. The highest BCUT2D eigenvalue weighted by Gasteiger charge is 2.46. The Balaban J connectivity index is 2.28. The molecule has 0 bridgehead atoms. The van der Waals surface area contributed by atoms with Crippen molar-refractivity contribution in [3.8, 4) is 0 Å². The molecule has 5 atom stereocenters. The quantitative estimate of drug-likeness (QED) is 0.151. The summed E-state index contributed by atoms with van der Waals surface area (Å²) in [4.78, 5) is 65.7. The maximum absolute atomic E-state index is 14.1. The van der Waals surface area contributed by atoms with Crippen molar-refractivity contribution in [1.29, 1.82) is 0 Å². The zero-order chi connectivity index (χ0) is 34.5. The summed E-state index contributed by atoms with van der Waals surface area (Å²) in [5.41, 5.74) is 3.82. The molecule has 252 valence electrons. The van der Waals surface area contributed by atoms with Gasteiger partial charge in [-0.25, -0.2) is 4.79 Å². The van der Waals surface area contributed by atoms with Crippen molar-refractivity contribution in [2.75, 3.05) is 13.1 Å². The van der Waals surface area contributed by atoms with E-state index < -0.39 is 70.9 Å². The van der Waals surface area contributed by atoms with Crippen LogP contribution in [0.5, 0.6) is 0 Å². The van der Waals surface area contributed by atoms with Crippen LogP contribution in [0, 0.1) is 22.7 Å². The third-order valence-electron chi connectivity index (χ3n) is 8.44. The zero-order valence-electron chi connectivity index (χ0n) is 28.5. The zero-order valence-corrected chi connectivity index (χ0v) is 28.5. The first kappa shape index (κ1) is 37.7. The van der Waals surface area contributed by atoms with Crippen molar-refractivity contribution in [3.63, 3.8) is 0 Å². The van der Waals surface area contributed by atoms with E-state index in [4.69, 9.17) is 5.73 Å². The van der Waals surface area contributed by atoms with Crippen molar-refractivity contribution in [2.24, 2.45) is 28.4 Å². The number of nitrogens with two attached hydrogens (primary N) is 1. The molecule has 0 radical (unpaired) electrons. The van der Waals surface area contributed by atoms with Gasteiger partial charge in [-0.05, 0) is 48.5 Å². The number of carbonyl (C=O) groups excluding carboxylic acids is 5. The van der Waals surface area contributed by atoms with Gasteiger partial charge in [-0.3, -0.25) is 24.5 Å². The van der Waals surface area contributed by atoms with Gasteiger partial charge in [-0.2, -0.15) is 0 Å². The molecule has 45 heavy (non-hydrogen) atoms. The number of amides is 5. The van der Waals surface area contributed by atoms with Gasteiger partial charge in [0, 0.05) is 6.54 Å². The van der Waals surface area contributed by atoms with E-state index >= 15 is 0 Å². The maximum Gasteiger partial charge on any atom is 0.316 e. The minimum Gasteiger partial charge on any atom is -0.376 e. The first-order valence-electron chi connectivity index (χ1n) is 15.6. The average molecular weight is 631 g/mol. The van der Waals surface area contributed by atoms with E-state index in [1.807, 2.05) is 99.6 Å². The molecule has 7 N–H and O–H groups in total. The molecule has 1 unspecified atom stereocenters. The number of urea groups is 1. The predicted molar refractivity (Wildman–Crippen MR) is 172 cm³/mol. The van der Waals surface area contributed by atoms with Crippen LogP contribution in [-0.4, -0.2) is 77.0 Å². The van der Waals surface area contributed by atoms with Gasteiger partial charge in [0.15, 0.2) is 0 Å². The van der Waals surface area contributed by atoms with Crippen LogP contribution in [-0.2, 0) is 24.7 Å². The normalized spacial score (nSPS) is 19.4. The van der Waals surface area contributed by atoms with Crippen molar-refractivity contribution in [2.45, 2.75) is 106 Å². The largest absolute Gasteiger partial charge is 0.376 e. The monoisotopic (exact) mass is 630 g/mol. The number of benzene rings is 1. The molecule has 0 aromatic heterocycles. The van der Waals surface area contributed by atoms with Crippen molar-refractivity contribution >= 4 is 29.5 Å². The molecule has 0 aliphatic carbocycles. The summed E-state index contributed by atoms with van der Waals surface area (Å²) in [6.45, 7) is 18.7. The van der Waals surface area contributed by atoms with Crippen LogP contribution in [0.3, 0.4) is 0 Å². The van der Waals surface area contributed by atoms with Crippen LogP contribution in [0.25, 0.3) is 0 Å². The highest BCUT2D eigenvalue weighted by Crippen LogP contribution is 2.33. The maximum atomic E-state index is 14.1. The minimum absolute atomic E-state index is 0.0543. The summed E-state index contributed by atoms with van der Waals surface area (Å²) in [7, 11) is 0. The second kappa shape index (κ2) is 14.7. The number of likely N-dealkylation sites (tertiary alicyclic amines) is 1. The number of aliphatic hydroxyl groups is 1. The Bertz CT molecular complexity index is 1220. The molecule has 1 aromatic carbocycles. The molecule has 2 rings (SSSR count). The van der Waals surface area contributed by atoms with Crippen LogP contribution in [0.15, 0.2) is 30.3 Å². The topological polar surface area (TPSA) is 183 Å². The number of nitrogens with one attached hydrogen (secondary N) is 4. The Hall–Kier alpha value is -3.51. The third-order valence-corrected chi connectivity index (χ3v) is 8.44. The molecule has 1 saturated heterocycles. The molecule has 1 heterocycles. The molecule has 5 amide bonds. The smallest absolute Gasteiger partial charge is 0.316 e. The summed E-state index contributed by atoms with van der Waals surface area (Å²) in [5, 5.41) is 22.3. The van der Waals surface area contributed by atoms with Crippen LogP contribution in [0.2, 0.25) is 0 Å². The van der Waals surface area contributed by atoms with Gasteiger partial charge in [0.1, 0.15) is 18.3 Å². The van der Waals surface area contributed by atoms with Gasteiger partial charge in [0.05, 0.1) is 18.1 Å². The molecule has 1 aliphatic heterocycles. The Morgan fingerprint density at radius 3 is 1.93 bits per heavy atom. The van der Waals surface area contributed by atoms with Gasteiger partial charge < -0.3 is 31.7 Å². The lowest BCUT2D eigenvalue weighted by Gasteiger charge is -2.38. The summed E-state index contributed by atoms with van der Waals surface area (Å²) >= 11 is 0. The second-order valence-electron chi connectivity index (χ2n) is 15.1. The first-order chi connectivity index (χ1) is 20.6. The number of nitrogens with zero attached hydrogens (tertiary/aromatic N) is 1. The van der Waals surface area contributed by atoms with Crippen molar-refractivity contribution in [3.05, 3.63) is 35.9 Å². The van der Waals surface area contributed by atoms with Crippen molar-refractivity contribution in [1.82, 2.24) is 26.2 Å². The number of aliphatic hydroxyl groups excluding tert-OH is 1. The van der Waals surface area contributed by atoms with E-state index in [0.29, 0.717) is 13.0 Å². The fraction of sp³-hybridized carbons (Fsp3) is 0.667. The lowest BCUT2D eigenvalue weighted by Crippen LogP contribution is -2.63. The van der Waals surface area contributed by atoms with Crippen molar-refractivity contribution < 1.29 is 29.1 Å². The second-order valence-corrected chi connectivity index (χ2v) is 15.1. The number of hydrogen-bond donors (Lipinski definition) is 6. The molecule has 0 saturated carbocycles. The average Bonchev–Trinajstić information content (AvgIpc) is 3.38. The Labute approximate surface area is 267 Å². The fourth-order valence-corrected chi connectivity index (χ4v) is 5.46. The van der Waals surface area contributed by atoms with Crippen LogP contribution < -0.4 is 27.0 Å². The number of hydrogen-bond acceptors (Lipinski definition) is 7. The van der Waals surface area contributed by atoms with Crippen LogP contribution in [0.4, 0.5) is 4.79 Å². The molecule has 12 nitrogen and oxygen atoms in total. The van der Waals surface area contributed by atoms with Gasteiger partial charge in [0.25, 0.3) is 5.91 Å². The summed E-state index contributed by atoms with van der Waals surface area (Å²) < 4.78 is 0. The Kier molecular flexibility index (Phi) is 12.3. The number of rotatable bonds is 12. The Morgan fingerprint density at radius 1 is 0.911 bits per heavy atom. The number of ketones is 1. The van der Waals surface area contributed by atoms with E-state index in [-0.39, 0.29) is 17.7 Å². The SMILES string of the molecule is CC(C)[C@@H]1C[C@@H](C(O)NCC(=O)C(N)=O)N(C(=O)[C@@H](NC(=O)N[C@H](C(=O)NC(C)(C)c2ccccc2)C(C)(C)C)C(C)(C)C)C1. The van der Waals surface area contributed by atoms with Gasteiger partial charge in [-0.15, -0.1) is 0 Å². The molecule has 1 aromatic rings. The predicted octanol–water partition coefficient (Wildman–Crippen LogP) is 2.00. The number of carbonyl (C=O) groups is 5. The molecule has 1 fully saturated rings. The highest BCUT2D eigenvalue weighted by atomic mass is 16.3. The van der Waals surface area contributed by atoms with E-state index in [0.717, 1.165) is 5.56 Å². The Morgan fingerprint density at radius 2 is 1.44 bits per heavy atom. The number of Topliss-reactive ketones (excluding diaryl/α,β-unsaturated/α-hetero) is 1. The van der Waals surface area contributed by atoms with E-state index in [2.05, 4.69) is 21.3 Å². The molecule has 0 spiro atoms. The van der Waals surface area contributed by atoms with Gasteiger partial charge >= 0.3 is 6.03 Å². The van der Waals surface area contributed by atoms with Gasteiger partial charge in [-0.1, -0.05) is 85.7 Å². The summed E-state index contributed by atoms with van der Waals surface area (Å²) in [5.74, 6) is -2.54. The molecular formula is C33H54N6O6. The fourth-order valence-electron chi connectivity index (χ4n) is 5.46. The third kappa shape index (κ3) is 10.3. The highest BCUT2D eigenvalue weighted by molar-refractivity contribution is 6.36. The lowest BCUT2D eigenvalue weighted by molar-refractivity contribution is -0.140. The van der Waals surface area contributed by atoms with Gasteiger partial charge in [0.2, 0.25) is 17.6 Å². The van der Waals surface area contributed by atoms with E-state index in [1.165, 1.54) is 4.90 Å². The van der Waals surface area contributed by atoms with E-state index in [9.17, 15) is 29.1 Å².